The third-order valence-corrected chi connectivity index (χ3v) is 3.55. The van der Waals surface area contributed by atoms with Crippen molar-refractivity contribution >= 4 is 17.6 Å². The van der Waals surface area contributed by atoms with Gasteiger partial charge in [0, 0.05) is 17.9 Å². The van der Waals surface area contributed by atoms with E-state index in [4.69, 9.17) is 30.5 Å². The summed E-state index contributed by atoms with van der Waals surface area (Å²) in [7, 11) is 1.31. The smallest absolute Gasteiger partial charge is 0.335 e. The highest BCUT2D eigenvalue weighted by molar-refractivity contribution is 6.19. The number of carbonyl (C=O) groups excluding carboxylic acids is 1. The summed E-state index contributed by atoms with van der Waals surface area (Å²) < 4.78 is 21.4. The first-order chi connectivity index (χ1) is 10.6. The Morgan fingerprint density at radius 2 is 2.05 bits per heavy atom. The summed E-state index contributed by atoms with van der Waals surface area (Å²) in [5.41, 5.74) is 1.62. The first kappa shape index (κ1) is 17.0. The summed E-state index contributed by atoms with van der Waals surface area (Å²) >= 11 is 5.63. The van der Waals surface area contributed by atoms with E-state index in [9.17, 15) is 4.79 Å². The van der Waals surface area contributed by atoms with E-state index in [0.29, 0.717) is 5.57 Å². The number of hydrogen-bond donors (Lipinski definition) is 0. The molecule has 0 amide bonds. The van der Waals surface area contributed by atoms with Gasteiger partial charge in [0.1, 0.15) is 0 Å². The molecule has 22 heavy (non-hydrogen) atoms. The Labute approximate surface area is 134 Å². The van der Waals surface area contributed by atoms with Crippen LogP contribution in [0.3, 0.4) is 0 Å². The van der Waals surface area contributed by atoms with E-state index in [2.05, 4.69) is 6.58 Å². The van der Waals surface area contributed by atoms with Crippen molar-refractivity contribution in [2.45, 2.75) is 25.1 Å². The highest BCUT2D eigenvalue weighted by Crippen LogP contribution is 2.34. The average molecular weight is 327 g/mol. The van der Waals surface area contributed by atoms with Crippen LogP contribution in [0.15, 0.2) is 42.5 Å². The van der Waals surface area contributed by atoms with Crippen LogP contribution in [0.25, 0.3) is 0 Å². The first-order valence-corrected chi connectivity index (χ1v) is 7.45. The lowest BCUT2D eigenvalue weighted by Crippen LogP contribution is -2.40. The van der Waals surface area contributed by atoms with Crippen molar-refractivity contribution in [1.82, 2.24) is 0 Å². The van der Waals surface area contributed by atoms with Gasteiger partial charge in [-0.15, -0.1) is 11.6 Å². The molecular weight excluding hydrogens is 308 g/mol. The van der Waals surface area contributed by atoms with Crippen molar-refractivity contribution in [2.24, 2.45) is 0 Å². The molecule has 0 spiro atoms. The molecular formula is C16H19ClO5. The van der Waals surface area contributed by atoms with Gasteiger partial charge in [-0.25, -0.2) is 4.79 Å². The van der Waals surface area contributed by atoms with Crippen LogP contribution in [-0.2, 0) is 23.7 Å². The highest BCUT2D eigenvalue weighted by Gasteiger charge is 2.36. The predicted molar refractivity (Wildman–Crippen MR) is 81.4 cm³/mol. The van der Waals surface area contributed by atoms with Crippen LogP contribution >= 0.6 is 11.6 Å². The lowest BCUT2D eigenvalue weighted by molar-refractivity contribution is -0.395. The molecule has 1 aliphatic heterocycles. The number of rotatable bonds is 8. The molecule has 120 valence electrons. The zero-order valence-corrected chi connectivity index (χ0v) is 13.1. The molecule has 1 atom stereocenters. The molecule has 6 heteroatoms. The number of esters is 1. The second-order valence-electron chi connectivity index (χ2n) is 4.89. The molecule has 0 aliphatic carbocycles. The van der Waals surface area contributed by atoms with Gasteiger partial charge in [-0.2, -0.15) is 0 Å². The summed E-state index contributed by atoms with van der Waals surface area (Å²) in [5.74, 6) is -0.196. The number of halogens is 1. The monoisotopic (exact) mass is 326 g/mol. The molecule has 1 aromatic rings. The van der Waals surface area contributed by atoms with Crippen molar-refractivity contribution in [1.29, 1.82) is 0 Å². The minimum atomic E-state index is -0.772. The van der Waals surface area contributed by atoms with Crippen molar-refractivity contribution in [3.05, 3.63) is 48.0 Å². The minimum absolute atomic E-state index is 0.193. The van der Waals surface area contributed by atoms with E-state index >= 15 is 0 Å². The Bertz CT molecular complexity index is 499. The second-order valence-corrected chi connectivity index (χ2v) is 5.15. The number of ether oxygens (including phenoxy) is 4. The van der Waals surface area contributed by atoms with Gasteiger partial charge in [0.05, 0.1) is 13.7 Å². The number of carbonyl (C=O) groups is 1. The van der Waals surface area contributed by atoms with Crippen molar-refractivity contribution in [3.8, 4) is 0 Å². The van der Waals surface area contributed by atoms with Gasteiger partial charge in [0.25, 0.3) is 0 Å². The van der Waals surface area contributed by atoms with E-state index in [-0.39, 0.29) is 18.9 Å². The normalized spacial score (nSPS) is 21.7. The van der Waals surface area contributed by atoms with Gasteiger partial charge in [0.15, 0.2) is 18.7 Å². The van der Waals surface area contributed by atoms with Crippen LogP contribution in [0.2, 0.25) is 0 Å². The number of benzene rings is 1. The summed E-state index contributed by atoms with van der Waals surface area (Å²) in [5, 5.41) is 0. The Morgan fingerprint density at radius 3 is 2.64 bits per heavy atom. The number of alkyl halides is 1. The molecule has 0 N–H and O–H groups in total. The van der Waals surface area contributed by atoms with Crippen LogP contribution in [0, 0.1) is 0 Å². The number of hydrogen-bond acceptors (Lipinski definition) is 5. The van der Waals surface area contributed by atoms with Crippen molar-refractivity contribution < 1.29 is 23.7 Å². The van der Waals surface area contributed by atoms with E-state index in [0.717, 1.165) is 5.56 Å². The van der Waals surface area contributed by atoms with Crippen LogP contribution in [0.5, 0.6) is 0 Å². The van der Waals surface area contributed by atoms with E-state index < -0.39 is 24.7 Å². The molecule has 0 radical (unpaired) electrons. The van der Waals surface area contributed by atoms with Crippen molar-refractivity contribution in [3.63, 3.8) is 0 Å². The molecule has 5 nitrogen and oxygen atoms in total. The second kappa shape index (κ2) is 8.29. The molecule has 1 fully saturated rings. The van der Waals surface area contributed by atoms with Gasteiger partial charge in [-0.1, -0.05) is 36.9 Å². The molecule has 0 aromatic heterocycles. The molecule has 1 heterocycles. The third kappa shape index (κ3) is 4.55. The SMILES string of the molecule is C=C(CCl)CO[C@@H](CC1OC(c2ccccc2)O1)C(=O)OC. The number of methoxy groups -OCH3 is 1. The van der Waals surface area contributed by atoms with Crippen LogP contribution in [0.4, 0.5) is 0 Å². The van der Waals surface area contributed by atoms with E-state index in [1.54, 1.807) is 0 Å². The maximum absolute atomic E-state index is 11.7. The summed E-state index contributed by atoms with van der Waals surface area (Å²) in [6.45, 7) is 3.92. The zero-order chi connectivity index (χ0) is 15.9. The molecule has 1 saturated heterocycles. The maximum atomic E-state index is 11.7. The van der Waals surface area contributed by atoms with Gasteiger partial charge in [0.2, 0.25) is 0 Å². The fourth-order valence-electron chi connectivity index (χ4n) is 1.96. The lowest BCUT2D eigenvalue weighted by atomic mass is 10.2. The fourth-order valence-corrected chi connectivity index (χ4v) is 2.04. The standard InChI is InChI=1S/C16H19ClO5/c1-11(9-17)10-20-13(15(18)19-2)8-14-21-16(22-14)12-6-4-3-5-7-12/h3-7,13-14,16H,1,8-10H2,2H3/t13-,14?,16?/m0/s1. The lowest BCUT2D eigenvalue weighted by Gasteiger charge is -2.37. The predicted octanol–water partition coefficient (Wildman–Crippen LogP) is 2.80. The first-order valence-electron chi connectivity index (χ1n) is 6.92. The van der Waals surface area contributed by atoms with Gasteiger partial charge < -0.3 is 18.9 Å². The minimum Gasteiger partial charge on any atom is -0.467 e. The van der Waals surface area contributed by atoms with Crippen LogP contribution in [0.1, 0.15) is 18.3 Å². The third-order valence-electron chi connectivity index (χ3n) is 3.17. The van der Waals surface area contributed by atoms with Gasteiger partial charge in [-0.3, -0.25) is 0 Å². The molecule has 0 saturated carbocycles. The molecule has 1 aliphatic rings. The van der Waals surface area contributed by atoms with Gasteiger partial charge >= 0.3 is 5.97 Å². The maximum Gasteiger partial charge on any atom is 0.335 e. The Morgan fingerprint density at radius 1 is 1.36 bits per heavy atom. The highest BCUT2D eigenvalue weighted by atomic mass is 35.5. The zero-order valence-electron chi connectivity index (χ0n) is 12.4. The topological polar surface area (TPSA) is 54.0 Å². The fraction of sp³-hybridized carbons (Fsp3) is 0.438. The quantitative estimate of drug-likeness (QED) is 0.418. The Kier molecular flexibility index (Phi) is 6.39. The molecule has 0 unspecified atom stereocenters. The summed E-state index contributed by atoms with van der Waals surface area (Å²) in [6.07, 6.45) is -1.42. The van der Waals surface area contributed by atoms with E-state index in [1.807, 2.05) is 30.3 Å². The Balaban J connectivity index is 1.82. The molecule has 1 aromatic carbocycles. The summed E-state index contributed by atoms with van der Waals surface area (Å²) in [4.78, 5) is 11.7. The molecule has 2 rings (SSSR count). The van der Waals surface area contributed by atoms with E-state index in [1.165, 1.54) is 7.11 Å². The molecule has 0 bridgehead atoms. The average Bonchev–Trinajstić information content (AvgIpc) is 2.52. The Hall–Kier alpha value is -1.40. The van der Waals surface area contributed by atoms with Gasteiger partial charge in [-0.05, 0) is 5.57 Å². The van der Waals surface area contributed by atoms with Crippen LogP contribution < -0.4 is 0 Å². The largest absolute Gasteiger partial charge is 0.467 e. The van der Waals surface area contributed by atoms with Crippen molar-refractivity contribution in [2.75, 3.05) is 19.6 Å². The van der Waals surface area contributed by atoms with Crippen LogP contribution in [-0.4, -0.2) is 38.0 Å². The summed E-state index contributed by atoms with van der Waals surface area (Å²) in [6, 6.07) is 9.57.